The van der Waals surface area contributed by atoms with Gasteiger partial charge in [0.05, 0.1) is 0 Å². The average Bonchev–Trinajstić information content (AvgIpc) is 1.02. The predicted octanol–water partition coefficient (Wildman–Crippen LogP) is 0.551. The van der Waals surface area contributed by atoms with Gasteiger partial charge in [0.2, 0.25) is 0 Å². The zero-order valence-electron chi connectivity index (χ0n) is 5.43. The fourth-order valence-corrected chi connectivity index (χ4v) is 3.84. The van der Waals surface area contributed by atoms with E-state index < -0.39 is 25.4 Å². The van der Waals surface area contributed by atoms with E-state index in [4.69, 9.17) is 14.4 Å². The van der Waals surface area contributed by atoms with Crippen LogP contribution in [0.1, 0.15) is 0 Å². The van der Waals surface area contributed by atoms with Crippen LogP contribution in [0.15, 0.2) is 0 Å². The second-order valence-electron chi connectivity index (χ2n) is 2.21. The van der Waals surface area contributed by atoms with E-state index in [9.17, 15) is 18.6 Å². The van der Waals surface area contributed by atoms with Gasteiger partial charge in [-0.1, -0.05) is 0 Å². The SMILES string of the molecule is F.O[Si](O)(O)[O][Ti]([F])([F])([F])([F])([F])[F]. The van der Waals surface area contributed by atoms with Crippen LogP contribution in [0.4, 0.5) is 23.3 Å². The molecule has 13 heavy (non-hydrogen) atoms. The molecule has 0 atom stereocenters. The normalized spacial score (nSPS) is 21.8. The molecule has 0 bridgehead atoms. The molecule has 85 valence electrons. The van der Waals surface area contributed by atoms with Crippen molar-refractivity contribution in [2.24, 2.45) is 0 Å². The summed E-state index contributed by atoms with van der Waals surface area (Å²) in [4.78, 5) is 22.4. The maximum atomic E-state index is 11.1. The Hall–Kier alpha value is 0.281. The van der Waals surface area contributed by atoms with Gasteiger partial charge in [-0.3, -0.25) is 4.70 Å². The number of hydrogen-bond donors (Lipinski definition) is 3. The number of halogens is 7. The topological polar surface area (TPSA) is 69.9 Å². The maximum absolute atomic E-state index is 13.2. The molecule has 0 fully saturated rings. The fourth-order valence-electron chi connectivity index (χ4n) is 0.311. The van der Waals surface area contributed by atoms with E-state index >= 15 is 0 Å². The van der Waals surface area contributed by atoms with Gasteiger partial charge in [0.1, 0.15) is 0 Å². The van der Waals surface area contributed by atoms with Crippen LogP contribution in [0.3, 0.4) is 0 Å². The third-order valence-corrected chi connectivity index (χ3v) is 4.56. The molecule has 0 radical (unpaired) electrons. The fraction of sp³-hybridized carbons (Fsp3) is 0. The molecule has 13 heteroatoms. The zero-order valence-corrected chi connectivity index (χ0v) is 7.99. The van der Waals surface area contributed by atoms with Crippen molar-refractivity contribution in [2.45, 2.75) is 0 Å². The molecule has 0 aliphatic rings. The quantitative estimate of drug-likeness (QED) is 0.509. The van der Waals surface area contributed by atoms with Gasteiger partial charge in [0, 0.05) is 0 Å². The third-order valence-electron chi connectivity index (χ3n) is 0.368. The van der Waals surface area contributed by atoms with Crippen molar-refractivity contribution in [1.82, 2.24) is 0 Å². The van der Waals surface area contributed by atoms with Crippen molar-refractivity contribution in [3.63, 3.8) is 0 Å². The van der Waals surface area contributed by atoms with Crippen LogP contribution < -0.4 is 0 Å². The Morgan fingerprint density at radius 1 is 0.846 bits per heavy atom. The molecule has 0 aromatic heterocycles. The molecule has 0 aliphatic carbocycles. The summed E-state index contributed by atoms with van der Waals surface area (Å²) in [5.74, 6) is 0. The standard InChI is InChI=1S/7FH.H3O4Si.Ti/c;;;;;;;1-5(2,3)4;/h7*1H;1-3H;/q;;;;;;;-1;+7/p-6. The molecule has 0 aromatic rings. The summed E-state index contributed by atoms with van der Waals surface area (Å²) in [5.41, 5.74) is 0. The molecule has 3 N–H and O–H groups in total. The van der Waals surface area contributed by atoms with Gasteiger partial charge in [0.25, 0.3) is 0 Å². The van der Waals surface area contributed by atoms with Crippen LogP contribution in [0.25, 0.3) is 0 Å². The molecule has 0 amide bonds. The zero-order chi connectivity index (χ0) is 10.6. The molecule has 0 saturated heterocycles. The van der Waals surface area contributed by atoms with Crippen LogP contribution in [0.2, 0.25) is 0 Å². The Labute approximate surface area is 66.7 Å². The first kappa shape index (κ1) is 15.7. The summed E-state index contributed by atoms with van der Waals surface area (Å²) in [6.07, 6.45) is 0. The predicted molar refractivity (Wildman–Crippen MR) is 22.6 cm³/mol. The average molecular weight is 277 g/mol. The molecule has 0 heterocycles. The second kappa shape index (κ2) is 1.95. The van der Waals surface area contributed by atoms with E-state index in [0.29, 0.717) is 0 Å². The molecule has 0 unspecified atom stereocenters. The summed E-state index contributed by atoms with van der Waals surface area (Å²) < 4.78 is 67.9. The van der Waals surface area contributed by atoms with Crippen molar-refractivity contribution < 1.29 is 57.0 Å². The second-order valence-corrected chi connectivity index (χ2v) is 9.31. The molecule has 0 saturated carbocycles. The Bertz CT molecular complexity index is 206. The van der Waals surface area contributed by atoms with E-state index in [1.807, 2.05) is 0 Å². The monoisotopic (exact) mass is 277 g/mol. The van der Waals surface area contributed by atoms with Gasteiger partial charge in [-0.2, -0.15) is 0 Å². The van der Waals surface area contributed by atoms with Crippen LogP contribution in [0.5, 0.6) is 0 Å². The van der Waals surface area contributed by atoms with Gasteiger partial charge >= 0.3 is 61.3 Å². The van der Waals surface area contributed by atoms with Crippen molar-refractivity contribution >= 4 is 9.05 Å². The Morgan fingerprint density at radius 2 is 1.08 bits per heavy atom. The molecular formula is H4F7O4SiTi. The van der Waals surface area contributed by atoms with Crippen LogP contribution in [-0.2, 0) is 19.4 Å². The molecule has 0 aromatic carbocycles. The molecule has 0 aliphatic heterocycles. The van der Waals surface area contributed by atoms with Gasteiger partial charge in [0.15, 0.2) is 0 Å². The summed E-state index contributed by atoms with van der Waals surface area (Å²) in [6, 6.07) is 0. The first-order valence-corrected chi connectivity index (χ1v) is 8.14. The molecule has 0 spiro atoms. The van der Waals surface area contributed by atoms with Gasteiger partial charge in [-0.25, -0.2) is 0 Å². The Kier molecular flexibility index (Phi) is 2.37. The minimum atomic E-state index is -13.2. The van der Waals surface area contributed by atoms with E-state index in [1.54, 1.807) is 0 Å². The third kappa shape index (κ3) is 15.1. The van der Waals surface area contributed by atoms with Crippen LogP contribution in [-0.4, -0.2) is 23.4 Å². The molecule has 4 nitrogen and oxygen atoms in total. The van der Waals surface area contributed by atoms with Crippen LogP contribution in [0, 0.1) is 0 Å². The van der Waals surface area contributed by atoms with Gasteiger partial charge in [-0.05, 0) is 0 Å². The number of hydrogen-bond acceptors (Lipinski definition) is 4. The van der Waals surface area contributed by atoms with Crippen molar-refractivity contribution in [2.75, 3.05) is 0 Å². The van der Waals surface area contributed by atoms with Crippen molar-refractivity contribution in [1.29, 1.82) is 0 Å². The molecular weight excluding hydrogens is 273 g/mol. The molecule has 0 rings (SSSR count). The minimum absolute atomic E-state index is 0. The van der Waals surface area contributed by atoms with E-state index in [0.717, 1.165) is 0 Å². The van der Waals surface area contributed by atoms with Gasteiger partial charge < -0.3 is 0 Å². The summed E-state index contributed by atoms with van der Waals surface area (Å²) >= 11 is -13.2. The van der Waals surface area contributed by atoms with E-state index in [1.165, 1.54) is 3.01 Å². The van der Waals surface area contributed by atoms with Gasteiger partial charge in [-0.15, -0.1) is 0 Å². The van der Waals surface area contributed by atoms with Crippen molar-refractivity contribution in [3.05, 3.63) is 0 Å². The first-order chi connectivity index (χ1) is 4.39. The number of rotatable bonds is 2. The Balaban J connectivity index is 0. The Morgan fingerprint density at radius 3 is 1.08 bits per heavy atom. The van der Waals surface area contributed by atoms with Crippen LogP contribution >= 0.6 is 0 Å². The van der Waals surface area contributed by atoms with E-state index in [2.05, 4.69) is 0 Å². The van der Waals surface area contributed by atoms with E-state index in [-0.39, 0.29) is 4.70 Å². The van der Waals surface area contributed by atoms with Crippen molar-refractivity contribution in [3.8, 4) is 0 Å². The summed E-state index contributed by atoms with van der Waals surface area (Å²) in [5, 5.41) is 0. The summed E-state index contributed by atoms with van der Waals surface area (Å²) in [7, 11) is -6.68. The first-order valence-electron chi connectivity index (χ1n) is 2.21. The summed E-state index contributed by atoms with van der Waals surface area (Å²) in [6.45, 7) is 0.